The number of rotatable bonds is 0. The second-order valence-electron chi connectivity index (χ2n) is 3.46. The van der Waals surface area contributed by atoms with Gasteiger partial charge in [0.25, 0.3) is 0 Å². The highest BCUT2D eigenvalue weighted by Gasteiger charge is 2.44. The van der Waals surface area contributed by atoms with Crippen molar-refractivity contribution in [3.8, 4) is 0 Å². The second-order valence-corrected chi connectivity index (χ2v) is 3.46. The summed E-state index contributed by atoms with van der Waals surface area (Å²) in [6, 6.07) is 0. The lowest BCUT2D eigenvalue weighted by molar-refractivity contribution is 1.34. The minimum Gasteiger partial charge on any atom is -0.124 e. The van der Waals surface area contributed by atoms with Gasteiger partial charge in [0.2, 0.25) is 0 Å². The van der Waals surface area contributed by atoms with Gasteiger partial charge in [-0.3, -0.25) is 0 Å². The summed E-state index contributed by atoms with van der Waals surface area (Å²) in [5.74, 6) is 0. The quantitative estimate of drug-likeness (QED) is 0.359. The molecule has 6 radical (unpaired) electrons. The molecule has 38 valence electrons. The molecule has 0 aliphatic carbocycles. The van der Waals surface area contributed by atoms with Crippen molar-refractivity contribution in [2.24, 2.45) is 0 Å². The third-order valence-electron chi connectivity index (χ3n) is 2.67. The molecule has 4 saturated heterocycles. The first-order chi connectivity index (χ1) is 4.90. The molecule has 0 aromatic carbocycles. The highest BCUT2D eigenvalue weighted by molar-refractivity contribution is 7.12. The molecule has 0 aromatic rings. The predicted octanol–water partition coefficient (Wildman–Crippen LogP) is -0.934. The van der Waals surface area contributed by atoms with Crippen LogP contribution in [0.15, 0.2) is 0 Å². The minimum absolute atomic E-state index is 0.708. The Morgan fingerprint density at radius 1 is 0.400 bits per heavy atom. The van der Waals surface area contributed by atoms with Crippen LogP contribution in [0.5, 0.6) is 0 Å². The SMILES string of the molecule is [B]1C2[B]C3[B]C1[B]C([B]2)[B]3. The molecule has 4 bridgehead atoms. The smallest absolute Gasteiger partial charge is 0.0810 e. The van der Waals surface area contributed by atoms with Gasteiger partial charge in [0.15, 0.2) is 0 Å². The predicted molar refractivity (Wildman–Crippen MR) is 49.5 cm³/mol. The molecule has 0 nitrogen and oxygen atoms in total. The van der Waals surface area contributed by atoms with Gasteiger partial charge in [-0.15, -0.1) is 22.5 Å². The summed E-state index contributed by atoms with van der Waals surface area (Å²) in [5, 5.41) is 0. The summed E-state index contributed by atoms with van der Waals surface area (Å²) in [7, 11) is 14.5. The lowest BCUT2D eigenvalue weighted by atomic mass is 8.89. The molecule has 0 spiro atoms. The van der Waals surface area contributed by atoms with E-state index in [0.717, 1.165) is 0 Å². The highest BCUT2D eigenvalue weighted by Crippen LogP contribution is 2.39. The van der Waals surface area contributed by atoms with Crippen molar-refractivity contribution in [1.29, 1.82) is 0 Å². The van der Waals surface area contributed by atoms with Gasteiger partial charge in [0, 0.05) is 0 Å². The Morgan fingerprint density at radius 2 is 0.600 bits per heavy atom. The molecule has 0 aromatic heterocycles. The zero-order valence-electron chi connectivity index (χ0n) is 5.77. The van der Waals surface area contributed by atoms with E-state index in [1.165, 1.54) is 0 Å². The Labute approximate surface area is 66.7 Å². The summed E-state index contributed by atoms with van der Waals surface area (Å²) < 4.78 is 0. The molecule has 4 fully saturated rings. The van der Waals surface area contributed by atoms with E-state index in [1.54, 1.807) is 0 Å². The molecule has 0 N–H and O–H groups in total. The van der Waals surface area contributed by atoms with Crippen molar-refractivity contribution in [3.63, 3.8) is 0 Å². The zero-order valence-corrected chi connectivity index (χ0v) is 5.77. The first kappa shape index (κ1) is 5.97. The average Bonchev–Trinajstić information content (AvgIpc) is 1.82. The molecule has 0 amide bonds. The molecule has 0 atom stereocenters. The van der Waals surface area contributed by atoms with Crippen LogP contribution in [0.3, 0.4) is 0 Å². The van der Waals surface area contributed by atoms with Crippen molar-refractivity contribution in [2.45, 2.75) is 22.5 Å². The molecule has 4 aliphatic rings. The lowest BCUT2D eigenvalue weighted by Crippen LogP contribution is -2.55. The third-order valence-corrected chi connectivity index (χ3v) is 2.67. The maximum atomic E-state index is 2.42. The second kappa shape index (κ2) is 1.95. The number of hydrogen-bond donors (Lipinski definition) is 0. The maximum absolute atomic E-state index is 2.42. The summed E-state index contributed by atoms with van der Waals surface area (Å²) in [4.78, 5) is 0. The molecular formula is C4H4B6. The van der Waals surface area contributed by atoms with Crippen LogP contribution < -0.4 is 0 Å². The van der Waals surface area contributed by atoms with Crippen LogP contribution in [0.4, 0.5) is 0 Å². The highest BCUT2D eigenvalue weighted by atomic mass is 13.9. The van der Waals surface area contributed by atoms with E-state index in [-0.39, 0.29) is 0 Å². The van der Waals surface area contributed by atoms with Crippen LogP contribution in [-0.4, -0.2) is 43.7 Å². The Hall–Kier alpha value is 0.390. The van der Waals surface area contributed by atoms with Gasteiger partial charge in [0.05, 0.1) is 43.7 Å². The topological polar surface area (TPSA) is 0 Å². The molecule has 0 saturated carbocycles. The Morgan fingerprint density at radius 3 is 0.800 bits per heavy atom. The fourth-order valence-electron chi connectivity index (χ4n) is 2.31. The van der Waals surface area contributed by atoms with Crippen molar-refractivity contribution in [3.05, 3.63) is 0 Å². The normalized spacial score (nSPS) is 52.8. The van der Waals surface area contributed by atoms with E-state index >= 15 is 0 Å². The van der Waals surface area contributed by atoms with E-state index in [0.29, 0.717) is 22.5 Å². The maximum Gasteiger partial charge on any atom is 0.0810 e. The van der Waals surface area contributed by atoms with Crippen LogP contribution in [0.25, 0.3) is 0 Å². The van der Waals surface area contributed by atoms with E-state index in [1.807, 2.05) is 0 Å². The largest absolute Gasteiger partial charge is 0.124 e. The van der Waals surface area contributed by atoms with E-state index in [4.69, 9.17) is 0 Å². The fourth-order valence-corrected chi connectivity index (χ4v) is 2.31. The van der Waals surface area contributed by atoms with E-state index < -0.39 is 0 Å². The van der Waals surface area contributed by atoms with Crippen LogP contribution >= 0.6 is 0 Å². The van der Waals surface area contributed by atoms with Crippen molar-refractivity contribution >= 4 is 43.7 Å². The van der Waals surface area contributed by atoms with Crippen LogP contribution in [-0.2, 0) is 0 Å². The molecule has 10 heavy (non-hydrogen) atoms. The van der Waals surface area contributed by atoms with Crippen LogP contribution in [0, 0.1) is 0 Å². The van der Waals surface area contributed by atoms with Gasteiger partial charge in [-0.25, -0.2) is 0 Å². The summed E-state index contributed by atoms with van der Waals surface area (Å²) in [6.45, 7) is 0. The van der Waals surface area contributed by atoms with Gasteiger partial charge in [-0.05, 0) is 0 Å². The Bertz CT molecular complexity index is 101. The Balaban J connectivity index is 1.90. The fraction of sp³-hybridized carbons (Fsp3) is 1.00. The minimum atomic E-state index is 0.708. The molecule has 4 heterocycles. The first-order valence-electron chi connectivity index (χ1n) is 4.00. The molecular weight excluding hydrogens is 113 g/mol. The van der Waals surface area contributed by atoms with Gasteiger partial charge in [0.1, 0.15) is 0 Å². The molecule has 4 aliphatic heterocycles. The van der Waals surface area contributed by atoms with Crippen molar-refractivity contribution < 1.29 is 0 Å². The summed E-state index contributed by atoms with van der Waals surface area (Å²) in [6.07, 6.45) is 0. The standard InChI is InChI=1S/C4H4B6/c5-1-6-3-8-2(5)9-4(7-1)10-3/h1-4H. The molecule has 0 unspecified atom stereocenters. The van der Waals surface area contributed by atoms with Gasteiger partial charge >= 0.3 is 0 Å². The summed E-state index contributed by atoms with van der Waals surface area (Å²) >= 11 is 0. The first-order valence-corrected chi connectivity index (χ1v) is 4.00. The van der Waals surface area contributed by atoms with Crippen molar-refractivity contribution in [1.82, 2.24) is 0 Å². The van der Waals surface area contributed by atoms with Gasteiger partial charge < -0.3 is 0 Å². The number of hydrogen-bond acceptors (Lipinski definition) is 0. The zero-order chi connectivity index (χ0) is 6.55. The van der Waals surface area contributed by atoms with Gasteiger partial charge in [-0.2, -0.15) is 0 Å². The monoisotopic (exact) mass is 118 g/mol. The summed E-state index contributed by atoms with van der Waals surface area (Å²) in [5.41, 5.74) is 2.83. The van der Waals surface area contributed by atoms with E-state index in [9.17, 15) is 0 Å². The van der Waals surface area contributed by atoms with Gasteiger partial charge in [-0.1, -0.05) is 0 Å². The average molecular weight is 117 g/mol. The van der Waals surface area contributed by atoms with Crippen LogP contribution in [0.1, 0.15) is 0 Å². The van der Waals surface area contributed by atoms with E-state index in [2.05, 4.69) is 43.7 Å². The lowest BCUT2D eigenvalue weighted by Gasteiger charge is -2.47. The molecule has 4 rings (SSSR count). The van der Waals surface area contributed by atoms with Crippen LogP contribution in [0.2, 0.25) is 22.5 Å². The van der Waals surface area contributed by atoms with Crippen molar-refractivity contribution in [2.75, 3.05) is 0 Å². The third kappa shape index (κ3) is 0.770. The molecule has 6 heteroatoms. The Kier molecular flexibility index (Phi) is 1.17.